The third-order valence-electron chi connectivity index (χ3n) is 4.64. The zero-order chi connectivity index (χ0) is 22.2. The summed E-state index contributed by atoms with van der Waals surface area (Å²) in [5.41, 5.74) is 0.824. The van der Waals surface area contributed by atoms with Crippen LogP contribution in [0.25, 0.3) is 22.6 Å². The van der Waals surface area contributed by atoms with Gasteiger partial charge in [0.2, 0.25) is 5.82 Å². The van der Waals surface area contributed by atoms with Crippen LogP contribution in [0.4, 0.5) is 13.2 Å². The number of H-pyrrole nitrogens is 1. The van der Waals surface area contributed by atoms with Gasteiger partial charge in [0.15, 0.2) is 11.5 Å². The van der Waals surface area contributed by atoms with Gasteiger partial charge < -0.3 is 9.15 Å². The lowest BCUT2D eigenvalue weighted by molar-refractivity contribution is -0.136. The Morgan fingerprint density at radius 2 is 1.77 bits per heavy atom. The summed E-state index contributed by atoms with van der Waals surface area (Å²) in [5, 5.41) is 13.4. The van der Waals surface area contributed by atoms with E-state index in [0.29, 0.717) is 35.2 Å². The number of tetrazole rings is 1. The third-order valence-corrected chi connectivity index (χ3v) is 5.20. The van der Waals surface area contributed by atoms with Crippen molar-refractivity contribution in [3.05, 3.63) is 57.1 Å². The SMILES string of the molecule is CCOc1c(Cl)cc(CCc2ccc3c(C(F)(F)F)c(-c4nn[nH]n4)oc3c2)cc1Cl. The van der Waals surface area contributed by atoms with Crippen molar-refractivity contribution in [2.75, 3.05) is 6.61 Å². The molecule has 6 nitrogen and oxygen atoms in total. The number of nitrogens with one attached hydrogen (secondary N) is 1. The topological polar surface area (TPSA) is 76.8 Å². The van der Waals surface area contributed by atoms with E-state index < -0.39 is 17.5 Å². The molecule has 0 aliphatic rings. The van der Waals surface area contributed by atoms with Crippen molar-refractivity contribution >= 4 is 34.2 Å². The van der Waals surface area contributed by atoms with E-state index in [-0.39, 0.29) is 16.8 Å². The number of ether oxygens (including phenoxy) is 1. The highest BCUT2D eigenvalue weighted by Crippen LogP contribution is 2.43. The van der Waals surface area contributed by atoms with Crippen LogP contribution in [0.3, 0.4) is 0 Å². The smallest absolute Gasteiger partial charge is 0.420 e. The van der Waals surface area contributed by atoms with Gasteiger partial charge in [-0.15, -0.1) is 10.2 Å². The number of alkyl halides is 3. The molecule has 0 saturated carbocycles. The summed E-state index contributed by atoms with van der Waals surface area (Å²) in [5.74, 6) is -0.303. The molecule has 0 aliphatic heterocycles. The molecule has 2 aromatic carbocycles. The van der Waals surface area contributed by atoms with E-state index in [9.17, 15) is 13.2 Å². The Morgan fingerprint density at radius 3 is 2.39 bits per heavy atom. The van der Waals surface area contributed by atoms with E-state index in [0.717, 1.165) is 11.1 Å². The molecule has 0 aliphatic carbocycles. The molecule has 1 N–H and O–H groups in total. The van der Waals surface area contributed by atoms with Crippen LogP contribution in [0.5, 0.6) is 5.75 Å². The molecular weight excluding hydrogens is 456 g/mol. The number of halogens is 5. The van der Waals surface area contributed by atoms with E-state index >= 15 is 0 Å². The molecule has 4 rings (SSSR count). The van der Waals surface area contributed by atoms with Crippen molar-refractivity contribution in [1.82, 2.24) is 20.6 Å². The Labute approximate surface area is 184 Å². The Balaban J connectivity index is 1.63. The van der Waals surface area contributed by atoms with Gasteiger partial charge in [0.05, 0.1) is 16.7 Å². The molecule has 0 spiro atoms. The second-order valence-corrected chi connectivity index (χ2v) is 7.51. The van der Waals surface area contributed by atoms with Crippen molar-refractivity contribution in [3.8, 4) is 17.3 Å². The van der Waals surface area contributed by atoms with Crippen LogP contribution in [-0.4, -0.2) is 27.2 Å². The van der Waals surface area contributed by atoms with E-state index in [1.165, 1.54) is 6.07 Å². The molecule has 2 heterocycles. The lowest BCUT2D eigenvalue weighted by atomic mass is 10.0. The van der Waals surface area contributed by atoms with Crippen LogP contribution in [-0.2, 0) is 19.0 Å². The number of benzene rings is 2. The van der Waals surface area contributed by atoms with Gasteiger partial charge in [-0.25, -0.2) is 0 Å². The highest BCUT2D eigenvalue weighted by atomic mass is 35.5. The summed E-state index contributed by atoms with van der Waals surface area (Å²) in [7, 11) is 0. The predicted molar refractivity (Wildman–Crippen MR) is 109 cm³/mol. The van der Waals surface area contributed by atoms with Crippen molar-refractivity contribution in [3.63, 3.8) is 0 Å². The summed E-state index contributed by atoms with van der Waals surface area (Å²) in [6.45, 7) is 2.27. The van der Waals surface area contributed by atoms with E-state index in [4.69, 9.17) is 32.4 Å². The fraction of sp³-hybridized carbons (Fsp3) is 0.250. The largest absolute Gasteiger partial charge is 0.491 e. The predicted octanol–water partition coefficient (Wildman–Crippen LogP) is 6.12. The first-order chi connectivity index (χ1) is 14.8. The highest BCUT2D eigenvalue weighted by molar-refractivity contribution is 6.37. The molecule has 4 aromatic rings. The average molecular weight is 471 g/mol. The number of fused-ring (bicyclic) bond motifs is 1. The van der Waals surface area contributed by atoms with Gasteiger partial charge in [-0.05, 0) is 54.3 Å². The van der Waals surface area contributed by atoms with Gasteiger partial charge in [0.25, 0.3) is 0 Å². The quantitative estimate of drug-likeness (QED) is 0.367. The maximum absolute atomic E-state index is 13.7. The first kappa shape index (κ1) is 21.5. The van der Waals surface area contributed by atoms with E-state index in [1.807, 2.05) is 6.92 Å². The molecular formula is C20H15Cl2F3N4O2. The molecule has 0 bridgehead atoms. The summed E-state index contributed by atoms with van der Waals surface area (Å²) in [6, 6.07) is 8.12. The number of hydrogen-bond donors (Lipinski definition) is 1. The zero-order valence-electron chi connectivity index (χ0n) is 16.1. The molecule has 0 amide bonds. The molecule has 11 heteroatoms. The lowest BCUT2D eigenvalue weighted by Gasteiger charge is -2.10. The first-order valence-electron chi connectivity index (χ1n) is 9.25. The van der Waals surface area contributed by atoms with Crippen molar-refractivity contribution in [2.24, 2.45) is 0 Å². The Morgan fingerprint density at radius 1 is 1.06 bits per heavy atom. The summed E-state index contributed by atoms with van der Waals surface area (Å²) in [4.78, 5) is 0. The van der Waals surface area contributed by atoms with Crippen molar-refractivity contribution in [1.29, 1.82) is 0 Å². The zero-order valence-corrected chi connectivity index (χ0v) is 17.6. The number of rotatable bonds is 6. The van der Waals surface area contributed by atoms with Crippen molar-refractivity contribution < 1.29 is 22.3 Å². The number of furan rings is 1. The molecule has 0 fully saturated rings. The van der Waals surface area contributed by atoms with Gasteiger partial charge in [-0.3, -0.25) is 0 Å². The lowest BCUT2D eigenvalue weighted by Crippen LogP contribution is -2.06. The molecule has 162 valence electrons. The van der Waals surface area contributed by atoms with Gasteiger partial charge in [0.1, 0.15) is 11.1 Å². The summed E-state index contributed by atoms with van der Waals surface area (Å²) in [6.07, 6.45) is -3.53. The molecule has 2 aromatic heterocycles. The third kappa shape index (κ3) is 4.33. The fourth-order valence-corrected chi connectivity index (χ4v) is 3.96. The second-order valence-electron chi connectivity index (χ2n) is 6.69. The Hall–Kier alpha value is -2.78. The highest BCUT2D eigenvalue weighted by Gasteiger charge is 2.40. The van der Waals surface area contributed by atoms with Crippen LogP contribution < -0.4 is 4.74 Å². The maximum Gasteiger partial charge on any atom is 0.420 e. The second kappa shape index (κ2) is 8.39. The monoisotopic (exact) mass is 470 g/mol. The summed E-state index contributed by atoms with van der Waals surface area (Å²) < 4.78 is 51.9. The molecule has 0 atom stereocenters. The number of aromatic nitrogens is 4. The van der Waals surface area contributed by atoms with Crippen LogP contribution in [0, 0.1) is 0 Å². The standard InChI is InChI=1S/C20H15Cl2F3N4O2/c1-2-30-17-13(21)7-11(8-14(17)22)4-3-10-5-6-12-15(9-10)31-18(16(12)20(23,24)25)19-26-28-29-27-19/h5-9H,2-4H2,1H3,(H,26,27,28,29). The van der Waals surface area contributed by atoms with Crippen LogP contribution >= 0.6 is 23.2 Å². The van der Waals surface area contributed by atoms with E-state index in [1.54, 1.807) is 24.3 Å². The van der Waals surface area contributed by atoms with Crippen molar-refractivity contribution in [2.45, 2.75) is 25.9 Å². The number of nitrogens with zero attached hydrogens (tertiary/aromatic N) is 3. The number of aryl methyl sites for hydroxylation is 2. The first-order valence-corrected chi connectivity index (χ1v) is 10.0. The van der Waals surface area contributed by atoms with Crippen LogP contribution in [0.2, 0.25) is 10.0 Å². The molecule has 0 saturated heterocycles. The van der Waals surface area contributed by atoms with Gasteiger partial charge in [-0.2, -0.15) is 18.4 Å². The van der Waals surface area contributed by atoms with Crippen LogP contribution in [0.15, 0.2) is 34.7 Å². The molecule has 31 heavy (non-hydrogen) atoms. The van der Waals surface area contributed by atoms with Gasteiger partial charge >= 0.3 is 6.18 Å². The average Bonchev–Trinajstić information content (AvgIpc) is 3.35. The van der Waals surface area contributed by atoms with Gasteiger partial charge in [-0.1, -0.05) is 35.3 Å². The Kier molecular flexibility index (Phi) is 5.81. The normalized spacial score (nSPS) is 11.9. The van der Waals surface area contributed by atoms with Gasteiger partial charge in [0, 0.05) is 5.39 Å². The molecule has 0 unspecified atom stereocenters. The Bertz CT molecular complexity index is 1200. The molecule has 0 radical (unpaired) electrons. The fourth-order valence-electron chi connectivity index (χ4n) is 3.32. The minimum Gasteiger partial charge on any atom is -0.491 e. The van der Waals surface area contributed by atoms with E-state index in [2.05, 4.69) is 20.6 Å². The maximum atomic E-state index is 13.7. The van der Waals surface area contributed by atoms with Crippen LogP contribution in [0.1, 0.15) is 23.6 Å². The minimum absolute atomic E-state index is 0.0665. The number of hydrogen-bond acceptors (Lipinski definition) is 5. The summed E-state index contributed by atoms with van der Waals surface area (Å²) >= 11 is 12.5. The minimum atomic E-state index is -4.64. The number of aromatic amines is 1.